The maximum Gasteiger partial charge on any atom is 0.0159 e. The SMILES string of the molecule is CC1=C(c2ccc3c(c2)C(C)(C)c2ccccc2-3)C2C=CC(C3CC=Cc4c3c(C)c(C3=CC5=C(CC3)c3ccccc3C5(C)C)c3cc(Cc5c(C6=CC7=C(CC6)c6ccccc6C7(C)C)c6ccccc6c6ccccc56)ccc43)=CC2C2=C1CCC=C2. The molecule has 0 heteroatoms. The highest BCUT2D eigenvalue weighted by Gasteiger charge is 2.43. The Morgan fingerprint density at radius 1 is 0.456 bits per heavy atom. The molecule has 9 aromatic rings. The van der Waals surface area contributed by atoms with E-state index in [1.807, 2.05) is 0 Å². The van der Waals surface area contributed by atoms with Crippen molar-refractivity contribution in [2.24, 2.45) is 11.8 Å². The minimum atomic E-state index is -0.0808. The van der Waals surface area contributed by atoms with E-state index in [1.54, 1.807) is 11.1 Å². The van der Waals surface area contributed by atoms with Crippen LogP contribution in [0, 0.1) is 18.8 Å². The molecular formula is C90H78. The third-order valence-electron chi connectivity index (χ3n) is 23.9. The first-order valence-corrected chi connectivity index (χ1v) is 33.8. The molecule has 0 aromatic heterocycles. The Morgan fingerprint density at radius 2 is 1.06 bits per heavy atom. The third kappa shape index (κ3) is 7.61. The molecule has 0 aliphatic heterocycles. The highest BCUT2D eigenvalue weighted by molar-refractivity contribution is 6.15. The number of hydrogen-bond acceptors (Lipinski definition) is 0. The summed E-state index contributed by atoms with van der Waals surface area (Å²) < 4.78 is 0. The van der Waals surface area contributed by atoms with Crippen molar-refractivity contribution in [1.82, 2.24) is 0 Å². The molecule has 0 amide bonds. The minimum absolute atomic E-state index is 0.0553. The lowest BCUT2D eigenvalue weighted by Crippen LogP contribution is -2.26. The van der Waals surface area contributed by atoms with Crippen molar-refractivity contribution >= 4 is 66.3 Å². The third-order valence-corrected chi connectivity index (χ3v) is 23.9. The van der Waals surface area contributed by atoms with Crippen molar-refractivity contribution in [3.05, 3.63) is 318 Å². The van der Waals surface area contributed by atoms with Gasteiger partial charge in [0.2, 0.25) is 0 Å². The van der Waals surface area contributed by atoms with Crippen LogP contribution in [-0.2, 0) is 22.7 Å². The average molecular weight is 1160 g/mol. The van der Waals surface area contributed by atoms with Gasteiger partial charge in [0.15, 0.2) is 0 Å². The molecule has 90 heavy (non-hydrogen) atoms. The van der Waals surface area contributed by atoms with Crippen LogP contribution < -0.4 is 0 Å². The summed E-state index contributed by atoms with van der Waals surface area (Å²) >= 11 is 0. The lowest BCUT2D eigenvalue weighted by Gasteiger charge is -2.40. The van der Waals surface area contributed by atoms with Crippen molar-refractivity contribution in [2.75, 3.05) is 0 Å². The highest BCUT2D eigenvalue weighted by atomic mass is 14.5. The number of fused-ring (bicyclic) bond motifs is 15. The summed E-state index contributed by atoms with van der Waals surface area (Å²) in [6.07, 6.45) is 31.4. The molecule has 0 radical (unpaired) electrons. The average Bonchev–Trinajstić information content (AvgIpc) is 1.28. The molecule has 0 saturated heterocycles. The van der Waals surface area contributed by atoms with Crippen LogP contribution in [0.25, 0.3) is 77.4 Å². The molecule has 9 aromatic carbocycles. The van der Waals surface area contributed by atoms with E-state index >= 15 is 0 Å². The summed E-state index contributed by atoms with van der Waals surface area (Å²) in [4.78, 5) is 0. The zero-order chi connectivity index (χ0) is 60.7. The standard InChI is InChI=1S/C90H78/c1-52-59-22-9-10-23-61(59)75-48-55(37-45-74(75)84(52)56-38-42-69-66-27-15-18-33-78(66)88(3,4)81(69)49-56)60-31-21-32-72-65-41-36-54(46-76(65)85(53(2)86(60)72)57-39-43-70-67-28-16-19-34-79(67)89(5,6)82(70)50-57)47-77-64-26-12-11-24-62(64)63-25-13-14-30-73(63)87(77)58-40-44-71-68-29-17-20-35-80(68)90(7,8)83(71)51-58/h10-21,23-30,32-38,41-42,45-46,48-51,60,74-75H,9,22,31,39-40,43-44,47H2,1-8H3. The first-order valence-electron chi connectivity index (χ1n) is 33.8. The topological polar surface area (TPSA) is 0 Å². The van der Waals surface area contributed by atoms with Gasteiger partial charge in [-0.3, -0.25) is 0 Å². The maximum absolute atomic E-state index is 2.75. The fraction of sp³-hybridized carbons (Fsp3) is 0.244. The van der Waals surface area contributed by atoms with E-state index < -0.39 is 0 Å². The van der Waals surface area contributed by atoms with Crippen LogP contribution in [0.1, 0.15) is 177 Å². The molecule has 0 fully saturated rings. The lowest BCUT2D eigenvalue weighted by molar-refractivity contribution is 0.613. The van der Waals surface area contributed by atoms with Gasteiger partial charge in [0.25, 0.3) is 0 Å². The van der Waals surface area contributed by atoms with Crippen molar-refractivity contribution < 1.29 is 0 Å². The second-order valence-corrected chi connectivity index (χ2v) is 29.4. The predicted octanol–water partition coefficient (Wildman–Crippen LogP) is 23.6. The number of hydrogen-bond donors (Lipinski definition) is 0. The van der Waals surface area contributed by atoms with E-state index in [0.29, 0.717) is 0 Å². The maximum atomic E-state index is 2.75. The van der Waals surface area contributed by atoms with E-state index in [4.69, 9.17) is 0 Å². The Hall–Kier alpha value is -8.84. The Labute approximate surface area is 532 Å². The predicted molar refractivity (Wildman–Crippen MR) is 383 cm³/mol. The number of benzene rings is 9. The van der Waals surface area contributed by atoms with Gasteiger partial charge >= 0.3 is 0 Å². The van der Waals surface area contributed by atoms with Gasteiger partial charge in [-0.25, -0.2) is 0 Å². The van der Waals surface area contributed by atoms with E-state index in [-0.39, 0.29) is 34.0 Å². The quantitative estimate of drug-likeness (QED) is 0.146. The summed E-state index contributed by atoms with van der Waals surface area (Å²) in [5, 5.41) is 8.20. The van der Waals surface area contributed by atoms with Crippen molar-refractivity contribution in [1.29, 1.82) is 0 Å². The summed E-state index contributed by atoms with van der Waals surface area (Å²) in [7, 11) is 0. The molecule has 438 valence electrons. The first-order chi connectivity index (χ1) is 43.8. The molecular weight excluding hydrogens is 1080 g/mol. The first kappa shape index (κ1) is 54.1. The van der Waals surface area contributed by atoms with Crippen molar-refractivity contribution in [3.8, 4) is 11.1 Å². The van der Waals surface area contributed by atoms with Gasteiger partial charge in [-0.2, -0.15) is 0 Å². The zero-order valence-electron chi connectivity index (χ0n) is 53.6. The van der Waals surface area contributed by atoms with Gasteiger partial charge in [-0.1, -0.05) is 248 Å². The molecule has 0 spiro atoms. The number of allylic oxidation sites excluding steroid dienone is 19. The van der Waals surface area contributed by atoms with Crippen LogP contribution in [0.5, 0.6) is 0 Å². The monoisotopic (exact) mass is 1160 g/mol. The molecule has 3 atom stereocenters. The van der Waals surface area contributed by atoms with Gasteiger partial charge in [0.1, 0.15) is 0 Å². The smallest absolute Gasteiger partial charge is 0.0159 e. The van der Waals surface area contributed by atoms with E-state index in [1.165, 1.54) is 171 Å². The normalized spacial score (nSPS) is 21.8. The van der Waals surface area contributed by atoms with Gasteiger partial charge in [-0.05, 0) is 254 Å². The van der Waals surface area contributed by atoms with Crippen LogP contribution in [0.3, 0.4) is 0 Å². The molecule has 0 N–H and O–H groups in total. The minimum Gasteiger partial charge on any atom is -0.0839 e. The summed E-state index contributed by atoms with van der Waals surface area (Å²) in [6.45, 7) is 19.6. The fourth-order valence-corrected chi connectivity index (χ4v) is 19.6. The van der Waals surface area contributed by atoms with E-state index in [9.17, 15) is 0 Å². The van der Waals surface area contributed by atoms with E-state index in [0.717, 1.165) is 51.4 Å². The largest absolute Gasteiger partial charge is 0.0839 e. The molecule has 0 bridgehead atoms. The summed E-state index contributed by atoms with van der Waals surface area (Å²) in [5.41, 5.74) is 39.4. The number of rotatable bonds is 6. The van der Waals surface area contributed by atoms with Gasteiger partial charge in [-0.15, -0.1) is 0 Å². The van der Waals surface area contributed by atoms with Crippen LogP contribution in [0.2, 0.25) is 0 Å². The van der Waals surface area contributed by atoms with Gasteiger partial charge in [0.05, 0.1) is 0 Å². The van der Waals surface area contributed by atoms with Crippen molar-refractivity contribution in [2.45, 2.75) is 129 Å². The molecule has 0 heterocycles. The molecule has 0 saturated carbocycles. The molecule has 9 aliphatic rings. The fourth-order valence-electron chi connectivity index (χ4n) is 19.6. The highest BCUT2D eigenvalue weighted by Crippen LogP contribution is 2.59. The van der Waals surface area contributed by atoms with Crippen LogP contribution in [-0.4, -0.2) is 0 Å². The summed E-state index contributed by atoms with van der Waals surface area (Å²) in [5.74, 6) is 0.755. The molecule has 0 nitrogen and oxygen atoms in total. The molecule has 3 unspecified atom stereocenters. The van der Waals surface area contributed by atoms with E-state index in [2.05, 4.69) is 268 Å². The second kappa shape index (κ2) is 19.6. The van der Waals surface area contributed by atoms with Gasteiger partial charge in [0, 0.05) is 34.0 Å². The second-order valence-electron chi connectivity index (χ2n) is 29.4. The van der Waals surface area contributed by atoms with Crippen LogP contribution in [0.4, 0.5) is 0 Å². The zero-order valence-corrected chi connectivity index (χ0v) is 53.6. The van der Waals surface area contributed by atoms with Crippen LogP contribution >= 0.6 is 0 Å². The summed E-state index contributed by atoms with van der Waals surface area (Å²) in [6, 6.07) is 61.3. The van der Waals surface area contributed by atoms with Crippen molar-refractivity contribution in [3.63, 3.8) is 0 Å². The molecule has 9 aliphatic carbocycles. The lowest BCUT2D eigenvalue weighted by atomic mass is 9.64. The van der Waals surface area contributed by atoms with Crippen LogP contribution in [0.15, 0.2) is 240 Å². The Kier molecular flexibility index (Phi) is 11.8. The Morgan fingerprint density at radius 3 is 1.76 bits per heavy atom. The van der Waals surface area contributed by atoms with Gasteiger partial charge < -0.3 is 0 Å². The Balaban J connectivity index is 0.795. The Bertz CT molecular complexity index is 5100. The molecule has 18 rings (SSSR count).